The predicted octanol–water partition coefficient (Wildman–Crippen LogP) is 2.57. The Morgan fingerprint density at radius 1 is 1.29 bits per heavy atom. The van der Waals surface area contributed by atoms with Crippen molar-refractivity contribution in [3.8, 4) is 0 Å². The Balaban J connectivity index is 2.15. The van der Waals surface area contributed by atoms with E-state index in [4.69, 9.17) is 0 Å². The monoisotopic (exact) mass is 310 g/mol. The molecule has 0 aromatic heterocycles. The summed E-state index contributed by atoms with van der Waals surface area (Å²) in [7, 11) is -3.43. The van der Waals surface area contributed by atoms with Crippen molar-refractivity contribution in [1.82, 2.24) is 10.0 Å². The van der Waals surface area contributed by atoms with Crippen molar-refractivity contribution < 1.29 is 8.42 Å². The molecule has 0 radical (unpaired) electrons. The fourth-order valence-electron chi connectivity index (χ4n) is 2.71. The molecule has 0 bridgehead atoms. The molecule has 1 fully saturated rings. The highest BCUT2D eigenvalue weighted by Crippen LogP contribution is 2.39. The van der Waals surface area contributed by atoms with Crippen molar-refractivity contribution in [3.63, 3.8) is 0 Å². The lowest BCUT2D eigenvalue weighted by Gasteiger charge is -2.38. The molecule has 2 N–H and O–H groups in total. The van der Waals surface area contributed by atoms with Crippen LogP contribution in [0.3, 0.4) is 0 Å². The van der Waals surface area contributed by atoms with E-state index in [-0.39, 0.29) is 5.41 Å². The van der Waals surface area contributed by atoms with Crippen LogP contribution in [-0.2, 0) is 16.6 Å². The van der Waals surface area contributed by atoms with Crippen LogP contribution in [0.5, 0.6) is 0 Å². The smallest absolute Gasteiger partial charge is 0.240 e. The molecule has 5 heteroatoms. The molecule has 1 aromatic carbocycles. The van der Waals surface area contributed by atoms with Gasteiger partial charge in [-0.2, -0.15) is 0 Å². The molecule has 1 aliphatic carbocycles. The molecule has 0 aliphatic heterocycles. The van der Waals surface area contributed by atoms with Crippen molar-refractivity contribution in [2.75, 3.05) is 13.1 Å². The normalized spacial score (nSPS) is 17.5. The van der Waals surface area contributed by atoms with Gasteiger partial charge in [-0.05, 0) is 48.9 Å². The molecule has 1 aliphatic rings. The molecule has 4 nitrogen and oxygen atoms in total. The number of hydrogen-bond acceptors (Lipinski definition) is 3. The quantitative estimate of drug-likeness (QED) is 0.814. The summed E-state index contributed by atoms with van der Waals surface area (Å²) >= 11 is 0. The zero-order valence-corrected chi connectivity index (χ0v) is 14.0. The first-order chi connectivity index (χ1) is 9.88. The first kappa shape index (κ1) is 16.5. The fourth-order valence-corrected chi connectivity index (χ4v) is 4.19. The molecule has 0 amide bonds. The zero-order valence-electron chi connectivity index (χ0n) is 13.2. The van der Waals surface area contributed by atoms with Crippen molar-refractivity contribution in [2.24, 2.45) is 5.41 Å². The molecular weight excluding hydrogens is 284 g/mol. The summed E-state index contributed by atoms with van der Waals surface area (Å²) in [6.07, 6.45) is 3.42. The summed E-state index contributed by atoms with van der Waals surface area (Å²) < 4.78 is 27.9. The lowest BCUT2D eigenvalue weighted by Crippen LogP contribution is -2.40. The third kappa shape index (κ3) is 3.84. The SMILES string of the molecule is CCNCc1cccc(S(=O)(=O)NCC2(C)CCC2)c1C. The zero-order chi connectivity index (χ0) is 15.5. The Hall–Kier alpha value is -0.910. The van der Waals surface area contributed by atoms with E-state index in [2.05, 4.69) is 17.0 Å². The average Bonchev–Trinajstić information content (AvgIpc) is 2.42. The van der Waals surface area contributed by atoms with Crippen LogP contribution in [0.4, 0.5) is 0 Å². The summed E-state index contributed by atoms with van der Waals surface area (Å²) in [5.74, 6) is 0. The number of sulfonamides is 1. The van der Waals surface area contributed by atoms with E-state index in [0.29, 0.717) is 18.0 Å². The van der Waals surface area contributed by atoms with Gasteiger partial charge in [-0.1, -0.05) is 32.4 Å². The van der Waals surface area contributed by atoms with Crippen molar-refractivity contribution in [1.29, 1.82) is 0 Å². The summed E-state index contributed by atoms with van der Waals surface area (Å²) in [6.45, 7) is 8.17. The minimum Gasteiger partial charge on any atom is -0.313 e. The van der Waals surface area contributed by atoms with Gasteiger partial charge in [0.1, 0.15) is 0 Å². The van der Waals surface area contributed by atoms with Gasteiger partial charge in [-0.15, -0.1) is 0 Å². The van der Waals surface area contributed by atoms with E-state index in [9.17, 15) is 8.42 Å². The highest BCUT2D eigenvalue weighted by atomic mass is 32.2. The average molecular weight is 310 g/mol. The van der Waals surface area contributed by atoms with Gasteiger partial charge in [0.15, 0.2) is 0 Å². The molecule has 0 unspecified atom stereocenters. The standard InChI is InChI=1S/C16H26N2O2S/c1-4-17-11-14-7-5-8-15(13(14)2)21(19,20)18-12-16(3)9-6-10-16/h5,7-8,17-18H,4,6,9-12H2,1-3H3. The lowest BCUT2D eigenvalue weighted by molar-refractivity contribution is 0.166. The Morgan fingerprint density at radius 2 is 2.00 bits per heavy atom. The molecule has 0 heterocycles. The molecule has 2 rings (SSSR count). The predicted molar refractivity (Wildman–Crippen MR) is 85.7 cm³/mol. The largest absolute Gasteiger partial charge is 0.313 e. The molecule has 0 atom stereocenters. The van der Waals surface area contributed by atoms with Crippen LogP contribution in [0.1, 0.15) is 44.2 Å². The van der Waals surface area contributed by atoms with Gasteiger partial charge in [0.05, 0.1) is 4.90 Å². The first-order valence-electron chi connectivity index (χ1n) is 7.67. The van der Waals surface area contributed by atoms with Gasteiger partial charge in [0.2, 0.25) is 10.0 Å². The number of nitrogens with one attached hydrogen (secondary N) is 2. The second-order valence-corrected chi connectivity index (χ2v) is 8.04. The first-order valence-corrected chi connectivity index (χ1v) is 9.15. The minimum absolute atomic E-state index is 0.141. The minimum atomic E-state index is -3.43. The lowest BCUT2D eigenvalue weighted by atomic mass is 9.71. The molecule has 118 valence electrons. The van der Waals surface area contributed by atoms with E-state index in [1.54, 1.807) is 6.07 Å². The molecule has 21 heavy (non-hydrogen) atoms. The number of hydrogen-bond donors (Lipinski definition) is 2. The van der Waals surface area contributed by atoms with Gasteiger partial charge in [-0.25, -0.2) is 13.1 Å². The Morgan fingerprint density at radius 3 is 2.57 bits per heavy atom. The van der Waals surface area contributed by atoms with E-state index < -0.39 is 10.0 Å². The fraction of sp³-hybridized carbons (Fsp3) is 0.625. The second-order valence-electron chi connectivity index (χ2n) is 6.31. The molecular formula is C16H26N2O2S. The highest BCUT2D eigenvalue weighted by molar-refractivity contribution is 7.89. The van der Waals surface area contributed by atoms with E-state index in [0.717, 1.165) is 30.5 Å². The number of rotatable bonds is 7. The summed E-state index contributed by atoms with van der Waals surface area (Å²) in [4.78, 5) is 0.404. The van der Waals surface area contributed by atoms with Gasteiger partial charge < -0.3 is 5.32 Å². The van der Waals surface area contributed by atoms with Crippen LogP contribution in [-0.4, -0.2) is 21.5 Å². The summed E-state index contributed by atoms with van der Waals surface area (Å²) in [5, 5.41) is 3.24. The van der Waals surface area contributed by atoms with Gasteiger partial charge in [0.25, 0.3) is 0 Å². The maximum Gasteiger partial charge on any atom is 0.240 e. The third-order valence-electron chi connectivity index (χ3n) is 4.50. The Labute approximate surface area is 128 Å². The molecule has 1 aromatic rings. The summed E-state index contributed by atoms with van der Waals surface area (Å²) in [5.41, 5.74) is 2.02. The second kappa shape index (κ2) is 6.46. The van der Waals surface area contributed by atoms with Crippen molar-refractivity contribution in [2.45, 2.75) is 51.5 Å². The summed E-state index contributed by atoms with van der Waals surface area (Å²) in [6, 6.07) is 5.49. The van der Waals surface area contributed by atoms with Crippen LogP contribution in [0.15, 0.2) is 23.1 Å². The topological polar surface area (TPSA) is 58.2 Å². The van der Waals surface area contributed by atoms with E-state index >= 15 is 0 Å². The third-order valence-corrected chi connectivity index (χ3v) is 6.05. The van der Waals surface area contributed by atoms with Gasteiger partial charge >= 0.3 is 0 Å². The molecule has 0 spiro atoms. The highest BCUT2D eigenvalue weighted by Gasteiger charge is 2.33. The molecule has 0 saturated heterocycles. The maximum atomic E-state index is 12.5. The Bertz CT molecular complexity index is 592. The van der Waals surface area contributed by atoms with Crippen molar-refractivity contribution >= 4 is 10.0 Å². The van der Waals surface area contributed by atoms with Crippen LogP contribution in [0, 0.1) is 12.3 Å². The van der Waals surface area contributed by atoms with Crippen LogP contribution in [0.25, 0.3) is 0 Å². The maximum absolute atomic E-state index is 12.5. The number of benzene rings is 1. The Kier molecular flexibility index (Phi) is 5.07. The van der Waals surface area contributed by atoms with E-state index in [1.165, 1.54) is 6.42 Å². The van der Waals surface area contributed by atoms with E-state index in [1.807, 2.05) is 26.0 Å². The van der Waals surface area contributed by atoms with Gasteiger partial charge in [0, 0.05) is 13.1 Å². The van der Waals surface area contributed by atoms with Crippen LogP contribution >= 0.6 is 0 Å². The van der Waals surface area contributed by atoms with Crippen molar-refractivity contribution in [3.05, 3.63) is 29.3 Å². The molecule has 1 saturated carbocycles. The van der Waals surface area contributed by atoms with Gasteiger partial charge in [-0.3, -0.25) is 0 Å². The van der Waals surface area contributed by atoms with Crippen LogP contribution in [0.2, 0.25) is 0 Å². The van der Waals surface area contributed by atoms with Crippen LogP contribution < -0.4 is 10.0 Å².